The minimum atomic E-state index is 0.993. The van der Waals surface area contributed by atoms with E-state index in [0.29, 0.717) is 0 Å². The van der Waals surface area contributed by atoms with Crippen LogP contribution in [0.3, 0.4) is 0 Å². The second kappa shape index (κ2) is 1.76. The first-order chi connectivity index (χ1) is 4.86. The monoisotopic (exact) mass is 135 g/mol. The van der Waals surface area contributed by atoms with Crippen LogP contribution in [0.2, 0.25) is 0 Å². The van der Waals surface area contributed by atoms with Gasteiger partial charge in [-0.15, -0.1) is 0 Å². The fourth-order valence-electron chi connectivity index (χ4n) is 0.956. The van der Waals surface area contributed by atoms with E-state index in [1.54, 1.807) is 12.4 Å². The topological polar surface area (TPSA) is 55.7 Å². The zero-order chi connectivity index (χ0) is 6.97. The van der Waals surface area contributed by atoms with Gasteiger partial charge < -0.3 is 0 Å². The van der Waals surface area contributed by atoms with Crippen molar-refractivity contribution < 1.29 is 4.98 Å². The van der Waals surface area contributed by atoms with Gasteiger partial charge >= 0.3 is 0 Å². The zero-order valence-electron chi connectivity index (χ0n) is 5.55. The van der Waals surface area contributed by atoms with E-state index in [9.17, 15) is 0 Å². The lowest BCUT2D eigenvalue weighted by Gasteiger charge is -1.74. The Morgan fingerprint density at radius 2 is 2.20 bits per heavy atom. The minimum absolute atomic E-state index is 0.993. The van der Waals surface area contributed by atoms with Crippen LogP contribution in [0.1, 0.15) is 5.82 Å². The number of H-pyrrole nitrogens is 2. The summed E-state index contributed by atoms with van der Waals surface area (Å²) in [5.74, 6) is 1.02. The van der Waals surface area contributed by atoms with E-state index in [1.807, 2.05) is 6.92 Å². The molecule has 10 heavy (non-hydrogen) atoms. The molecule has 0 fully saturated rings. The van der Waals surface area contributed by atoms with Gasteiger partial charge in [0.05, 0.1) is 0 Å². The number of aromatic amines is 2. The molecule has 0 atom stereocenters. The van der Waals surface area contributed by atoms with Crippen LogP contribution < -0.4 is 4.98 Å². The summed E-state index contributed by atoms with van der Waals surface area (Å²) < 4.78 is 0. The third-order valence-electron chi connectivity index (χ3n) is 1.37. The van der Waals surface area contributed by atoms with Gasteiger partial charge in [-0.3, -0.25) is 0 Å². The largest absolute Gasteiger partial charge is 0.249 e. The number of rotatable bonds is 0. The molecule has 2 rings (SSSR count). The molecule has 0 radical (unpaired) electrons. The molecule has 2 aromatic heterocycles. The lowest BCUT2D eigenvalue weighted by molar-refractivity contribution is -0.354. The molecule has 0 aromatic carbocycles. The third kappa shape index (κ3) is 0.655. The second-order valence-electron chi connectivity index (χ2n) is 2.19. The van der Waals surface area contributed by atoms with Crippen LogP contribution in [0.25, 0.3) is 11.0 Å². The van der Waals surface area contributed by atoms with E-state index in [4.69, 9.17) is 0 Å². The molecule has 0 unspecified atom stereocenters. The molecule has 2 N–H and O–H groups in total. The predicted molar refractivity (Wildman–Crippen MR) is 35.2 cm³/mol. The van der Waals surface area contributed by atoms with Crippen LogP contribution in [-0.4, -0.2) is 15.2 Å². The quantitative estimate of drug-likeness (QED) is 0.556. The Kier molecular flexibility index (Phi) is 0.943. The molecule has 4 heteroatoms. The maximum Gasteiger partial charge on any atom is 0.249 e. The first kappa shape index (κ1) is 5.34. The molecule has 0 bridgehead atoms. The molecular weight excluding hydrogens is 128 g/mol. The summed E-state index contributed by atoms with van der Waals surface area (Å²) in [4.78, 5) is 6.20. The van der Waals surface area contributed by atoms with Crippen molar-refractivity contribution in [1.82, 2.24) is 15.2 Å². The van der Waals surface area contributed by atoms with Crippen LogP contribution in [-0.2, 0) is 0 Å². The summed E-state index contributed by atoms with van der Waals surface area (Å²) in [5.41, 5.74) is 1.99. The van der Waals surface area contributed by atoms with Crippen LogP contribution in [0, 0.1) is 6.92 Å². The number of nitrogens with one attached hydrogen (secondary N) is 2. The molecule has 0 aliphatic heterocycles. The highest BCUT2D eigenvalue weighted by Crippen LogP contribution is 2.00. The maximum absolute atomic E-state index is 3.72. The Bertz CT molecular complexity index is 318. The second-order valence-corrected chi connectivity index (χ2v) is 2.19. The van der Waals surface area contributed by atoms with Crippen molar-refractivity contribution in [1.29, 1.82) is 0 Å². The minimum Gasteiger partial charge on any atom is -0.240 e. The molecular formula is C6H7N4+. The first-order valence-electron chi connectivity index (χ1n) is 3.04. The highest BCUT2D eigenvalue weighted by Gasteiger charge is 2.03. The normalized spacial score (nSPS) is 10.5. The van der Waals surface area contributed by atoms with Crippen molar-refractivity contribution >= 4 is 11.0 Å². The van der Waals surface area contributed by atoms with Crippen molar-refractivity contribution in [2.45, 2.75) is 6.92 Å². The highest BCUT2D eigenvalue weighted by molar-refractivity contribution is 5.67. The van der Waals surface area contributed by atoms with Gasteiger partial charge in [0, 0.05) is 6.92 Å². The fraction of sp³-hybridized carbons (Fsp3) is 0.167. The zero-order valence-corrected chi connectivity index (χ0v) is 5.55. The van der Waals surface area contributed by atoms with E-state index in [1.165, 1.54) is 0 Å². The van der Waals surface area contributed by atoms with Gasteiger partial charge in [-0.25, -0.2) is 9.97 Å². The Morgan fingerprint density at radius 1 is 1.40 bits per heavy atom. The molecule has 0 saturated heterocycles. The number of imidazole rings is 1. The SMILES string of the molecule is Cc1[nH]c2cnncc2[nH+]1. The van der Waals surface area contributed by atoms with E-state index in [-0.39, 0.29) is 0 Å². The van der Waals surface area contributed by atoms with E-state index >= 15 is 0 Å². The lowest BCUT2D eigenvalue weighted by Crippen LogP contribution is -2.01. The predicted octanol–water partition coefficient (Wildman–Crippen LogP) is 0.0804. The molecule has 2 aromatic rings. The molecule has 0 aliphatic rings. The molecule has 0 aliphatic carbocycles. The van der Waals surface area contributed by atoms with Gasteiger partial charge in [0.25, 0.3) is 0 Å². The smallest absolute Gasteiger partial charge is 0.240 e. The van der Waals surface area contributed by atoms with E-state index in [2.05, 4.69) is 20.2 Å². The van der Waals surface area contributed by atoms with Crippen LogP contribution in [0.15, 0.2) is 12.4 Å². The number of hydrogen-bond donors (Lipinski definition) is 1. The van der Waals surface area contributed by atoms with Crippen LogP contribution in [0.4, 0.5) is 0 Å². The highest BCUT2D eigenvalue weighted by atomic mass is 15.1. The Balaban J connectivity index is 2.88. The fourth-order valence-corrected chi connectivity index (χ4v) is 0.956. The van der Waals surface area contributed by atoms with Gasteiger partial charge in [-0.05, 0) is 0 Å². The van der Waals surface area contributed by atoms with Gasteiger partial charge in [0.15, 0.2) is 11.0 Å². The molecule has 4 nitrogen and oxygen atoms in total. The van der Waals surface area contributed by atoms with E-state index < -0.39 is 0 Å². The number of fused-ring (bicyclic) bond motifs is 1. The summed E-state index contributed by atoms with van der Waals surface area (Å²) in [6, 6.07) is 0. The molecule has 50 valence electrons. The van der Waals surface area contributed by atoms with Gasteiger partial charge in [-0.2, -0.15) is 10.2 Å². The van der Waals surface area contributed by atoms with Crippen LogP contribution in [0.5, 0.6) is 0 Å². The maximum atomic E-state index is 3.72. The summed E-state index contributed by atoms with van der Waals surface area (Å²) in [5, 5.41) is 7.45. The molecule has 0 saturated carbocycles. The number of hydrogen-bond acceptors (Lipinski definition) is 2. The summed E-state index contributed by atoms with van der Waals surface area (Å²) in [7, 11) is 0. The van der Waals surface area contributed by atoms with Crippen molar-refractivity contribution in [2.75, 3.05) is 0 Å². The Morgan fingerprint density at radius 3 is 3.00 bits per heavy atom. The Hall–Kier alpha value is -1.45. The lowest BCUT2D eigenvalue weighted by atomic mass is 10.5. The van der Waals surface area contributed by atoms with Crippen molar-refractivity contribution in [3.63, 3.8) is 0 Å². The van der Waals surface area contributed by atoms with E-state index in [0.717, 1.165) is 16.9 Å². The van der Waals surface area contributed by atoms with Gasteiger partial charge in [0.1, 0.15) is 12.4 Å². The molecule has 0 amide bonds. The standard InChI is InChI=1S/C6H6N4/c1-4-9-5-2-7-8-3-6(5)10-4/h2-3H,1H3,(H,9,10)/p+1. The summed E-state index contributed by atoms with van der Waals surface area (Å²) in [6.07, 6.45) is 3.39. The number of aromatic nitrogens is 4. The average molecular weight is 135 g/mol. The van der Waals surface area contributed by atoms with Crippen molar-refractivity contribution in [2.24, 2.45) is 0 Å². The summed E-state index contributed by atoms with van der Waals surface area (Å²) in [6.45, 7) is 1.96. The van der Waals surface area contributed by atoms with Crippen molar-refractivity contribution in [3.8, 4) is 0 Å². The third-order valence-corrected chi connectivity index (χ3v) is 1.37. The molecule has 0 spiro atoms. The Labute approximate surface area is 57.3 Å². The molecule has 2 heterocycles. The van der Waals surface area contributed by atoms with Crippen LogP contribution >= 0.6 is 0 Å². The summed E-state index contributed by atoms with van der Waals surface area (Å²) >= 11 is 0. The average Bonchev–Trinajstić information content (AvgIpc) is 2.27. The first-order valence-corrected chi connectivity index (χ1v) is 3.04. The van der Waals surface area contributed by atoms with Gasteiger partial charge in [-0.1, -0.05) is 0 Å². The van der Waals surface area contributed by atoms with Crippen molar-refractivity contribution in [3.05, 3.63) is 18.2 Å². The number of nitrogens with zero attached hydrogens (tertiary/aromatic N) is 2. The number of aryl methyl sites for hydroxylation is 1. The van der Waals surface area contributed by atoms with Gasteiger partial charge in [0.2, 0.25) is 5.82 Å².